The second-order valence-corrected chi connectivity index (χ2v) is 5.71. The molecule has 0 saturated heterocycles. The van der Waals surface area contributed by atoms with Gasteiger partial charge in [0, 0.05) is 11.6 Å². The van der Waals surface area contributed by atoms with Crippen LogP contribution in [0.3, 0.4) is 0 Å². The van der Waals surface area contributed by atoms with Crippen molar-refractivity contribution in [1.82, 2.24) is 9.55 Å². The topological polar surface area (TPSA) is 107 Å². The molecule has 3 rings (SSSR count). The third kappa shape index (κ3) is 4.24. The first-order valence-corrected chi connectivity index (χ1v) is 7.95. The average Bonchev–Trinajstić information content (AvgIpc) is 2.64. The first kappa shape index (κ1) is 18.0. The van der Waals surface area contributed by atoms with Gasteiger partial charge < -0.3 is 11.1 Å². The first-order chi connectivity index (χ1) is 12.9. The zero-order valence-corrected chi connectivity index (χ0v) is 14.1. The number of anilines is 1. The number of primary amides is 1. The number of para-hydroxylation sites is 1. The lowest BCUT2D eigenvalue weighted by atomic mass is 10.1. The van der Waals surface area contributed by atoms with E-state index in [0.717, 1.165) is 4.57 Å². The Morgan fingerprint density at radius 3 is 2.48 bits per heavy atom. The summed E-state index contributed by atoms with van der Waals surface area (Å²) >= 11 is 0. The standard InChI is InChI=1S/C19H15FN4O3/c20-13-7-5-12(6-8-13)16-9-18(26)24(11-22-16)10-17(25)23-15-4-2-1-3-14(15)19(21)27/h1-9,11H,10H2,(H2,21,27)(H,23,25). The van der Waals surface area contributed by atoms with E-state index in [9.17, 15) is 18.8 Å². The van der Waals surface area contributed by atoms with Gasteiger partial charge in [0.15, 0.2) is 0 Å². The molecule has 0 aliphatic carbocycles. The Kier molecular flexibility index (Phi) is 5.07. The van der Waals surface area contributed by atoms with Crippen molar-refractivity contribution in [2.75, 3.05) is 5.32 Å². The minimum absolute atomic E-state index is 0.169. The van der Waals surface area contributed by atoms with Gasteiger partial charge in [0.25, 0.3) is 11.5 Å². The molecule has 3 N–H and O–H groups in total. The maximum Gasteiger partial charge on any atom is 0.254 e. The van der Waals surface area contributed by atoms with Crippen molar-refractivity contribution in [1.29, 1.82) is 0 Å². The first-order valence-electron chi connectivity index (χ1n) is 7.95. The highest BCUT2D eigenvalue weighted by atomic mass is 19.1. The summed E-state index contributed by atoms with van der Waals surface area (Å²) in [5, 5.41) is 2.55. The monoisotopic (exact) mass is 366 g/mol. The van der Waals surface area contributed by atoms with Gasteiger partial charge in [-0.2, -0.15) is 0 Å². The Hall–Kier alpha value is -3.81. The van der Waals surface area contributed by atoms with E-state index in [-0.39, 0.29) is 23.6 Å². The normalized spacial score (nSPS) is 10.4. The molecule has 0 atom stereocenters. The highest BCUT2D eigenvalue weighted by Gasteiger charge is 2.12. The van der Waals surface area contributed by atoms with Crippen LogP contribution in [0.2, 0.25) is 0 Å². The van der Waals surface area contributed by atoms with E-state index in [0.29, 0.717) is 11.3 Å². The molecule has 0 saturated carbocycles. The molecule has 3 aromatic rings. The number of carbonyl (C=O) groups excluding carboxylic acids is 2. The van der Waals surface area contributed by atoms with E-state index in [1.807, 2.05) is 0 Å². The van der Waals surface area contributed by atoms with Crippen LogP contribution in [-0.4, -0.2) is 21.4 Å². The Morgan fingerprint density at radius 2 is 1.81 bits per heavy atom. The highest BCUT2D eigenvalue weighted by Crippen LogP contribution is 2.16. The van der Waals surface area contributed by atoms with Crippen LogP contribution >= 0.6 is 0 Å². The van der Waals surface area contributed by atoms with Crippen LogP contribution in [-0.2, 0) is 11.3 Å². The molecule has 27 heavy (non-hydrogen) atoms. The minimum Gasteiger partial charge on any atom is -0.366 e. The van der Waals surface area contributed by atoms with Gasteiger partial charge in [-0.15, -0.1) is 0 Å². The fourth-order valence-electron chi connectivity index (χ4n) is 2.47. The molecule has 1 aromatic heterocycles. The van der Waals surface area contributed by atoms with Crippen molar-refractivity contribution in [2.24, 2.45) is 5.73 Å². The fourth-order valence-corrected chi connectivity index (χ4v) is 2.47. The van der Waals surface area contributed by atoms with Gasteiger partial charge in [-0.25, -0.2) is 9.37 Å². The number of carbonyl (C=O) groups is 2. The van der Waals surface area contributed by atoms with Crippen molar-refractivity contribution in [3.63, 3.8) is 0 Å². The number of nitrogens with zero attached hydrogens (tertiary/aromatic N) is 2. The van der Waals surface area contributed by atoms with Gasteiger partial charge in [0.2, 0.25) is 5.91 Å². The number of hydrogen-bond acceptors (Lipinski definition) is 4. The van der Waals surface area contributed by atoms with Crippen LogP contribution in [0.15, 0.2) is 65.7 Å². The number of rotatable bonds is 5. The number of nitrogens with two attached hydrogens (primary N) is 1. The third-order valence-electron chi connectivity index (χ3n) is 3.80. The number of nitrogens with one attached hydrogen (secondary N) is 1. The van der Waals surface area contributed by atoms with Crippen LogP contribution < -0.4 is 16.6 Å². The second-order valence-electron chi connectivity index (χ2n) is 5.71. The van der Waals surface area contributed by atoms with E-state index in [1.165, 1.54) is 48.8 Å². The molecule has 0 radical (unpaired) electrons. The number of aromatic nitrogens is 2. The van der Waals surface area contributed by atoms with Crippen LogP contribution in [0.25, 0.3) is 11.3 Å². The summed E-state index contributed by atoms with van der Waals surface area (Å²) in [6.45, 7) is -0.289. The van der Waals surface area contributed by atoms with Gasteiger partial charge >= 0.3 is 0 Å². The van der Waals surface area contributed by atoms with Gasteiger partial charge in [0.05, 0.1) is 23.3 Å². The van der Waals surface area contributed by atoms with E-state index in [1.54, 1.807) is 12.1 Å². The van der Waals surface area contributed by atoms with Crippen molar-refractivity contribution in [3.8, 4) is 11.3 Å². The van der Waals surface area contributed by atoms with Crippen LogP contribution in [0, 0.1) is 5.82 Å². The molecule has 0 aliphatic heterocycles. The molecule has 0 spiro atoms. The van der Waals surface area contributed by atoms with Crippen LogP contribution in [0.1, 0.15) is 10.4 Å². The van der Waals surface area contributed by atoms with Crippen molar-refractivity contribution < 1.29 is 14.0 Å². The Labute approximate surface area is 153 Å². The van der Waals surface area contributed by atoms with Crippen molar-refractivity contribution >= 4 is 17.5 Å². The maximum absolute atomic E-state index is 13.0. The van der Waals surface area contributed by atoms with Crippen molar-refractivity contribution in [3.05, 3.63) is 82.7 Å². The summed E-state index contributed by atoms with van der Waals surface area (Å²) in [7, 11) is 0. The molecule has 0 bridgehead atoms. The van der Waals surface area contributed by atoms with Gasteiger partial charge in [-0.05, 0) is 36.4 Å². The minimum atomic E-state index is -0.673. The van der Waals surface area contributed by atoms with E-state index >= 15 is 0 Å². The van der Waals surface area contributed by atoms with Crippen LogP contribution in [0.4, 0.5) is 10.1 Å². The molecule has 136 valence electrons. The number of benzene rings is 2. The Bertz CT molecular complexity index is 1060. The van der Waals surface area contributed by atoms with E-state index in [4.69, 9.17) is 5.73 Å². The lowest BCUT2D eigenvalue weighted by molar-refractivity contribution is -0.116. The quantitative estimate of drug-likeness (QED) is 0.718. The van der Waals surface area contributed by atoms with Gasteiger partial charge in [-0.1, -0.05) is 12.1 Å². The molecule has 2 aromatic carbocycles. The molecule has 0 fully saturated rings. The molecule has 0 unspecified atom stereocenters. The van der Waals surface area contributed by atoms with Gasteiger partial charge in [-0.3, -0.25) is 19.0 Å². The van der Waals surface area contributed by atoms with E-state index < -0.39 is 17.4 Å². The van der Waals surface area contributed by atoms with Gasteiger partial charge in [0.1, 0.15) is 12.4 Å². The second kappa shape index (κ2) is 7.61. The lowest BCUT2D eigenvalue weighted by Crippen LogP contribution is -2.28. The van der Waals surface area contributed by atoms with E-state index in [2.05, 4.69) is 10.3 Å². The molecule has 0 aliphatic rings. The predicted molar refractivity (Wildman–Crippen MR) is 97.5 cm³/mol. The summed E-state index contributed by atoms with van der Waals surface area (Å²) in [5.74, 6) is -1.57. The molecular weight excluding hydrogens is 351 g/mol. The number of halogens is 1. The molecular formula is C19H15FN4O3. The number of hydrogen-bond donors (Lipinski definition) is 2. The molecule has 1 heterocycles. The van der Waals surface area contributed by atoms with Crippen LogP contribution in [0.5, 0.6) is 0 Å². The molecule has 7 nitrogen and oxygen atoms in total. The summed E-state index contributed by atoms with van der Waals surface area (Å²) in [6, 6.07) is 13.1. The fraction of sp³-hybridized carbons (Fsp3) is 0.0526. The smallest absolute Gasteiger partial charge is 0.254 e. The molecule has 8 heteroatoms. The SMILES string of the molecule is NC(=O)c1ccccc1NC(=O)Cn1cnc(-c2ccc(F)cc2)cc1=O. The summed E-state index contributed by atoms with van der Waals surface area (Å²) in [6.07, 6.45) is 1.24. The summed E-state index contributed by atoms with van der Waals surface area (Å²) in [5.41, 5.74) is 6.21. The lowest BCUT2D eigenvalue weighted by Gasteiger charge is -2.10. The third-order valence-corrected chi connectivity index (χ3v) is 3.80. The zero-order valence-electron chi connectivity index (χ0n) is 14.1. The number of amides is 2. The zero-order chi connectivity index (χ0) is 19.4. The Morgan fingerprint density at radius 1 is 1.11 bits per heavy atom. The maximum atomic E-state index is 13.0. The summed E-state index contributed by atoms with van der Waals surface area (Å²) < 4.78 is 14.1. The van der Waals surface area contributed by atoms with Crippen molar-refractivity contribution in [2.45, 2.75) is 6.54 Å². The Balaban J connectivity index is 1.76. The average molecular weight is 366 g/mol. The summed E-state index contributed by atoms with van der Waals surface area (Å²) in [4.78, 5) is 40.0. The predicted octanol–water partition coefficient (Wildman–Crippen LogP) is 1.79. The molecule has 2 amide bonds. The largest absolute Gasteiger partial charge is 0.366 e. The highest BCUT2D eigenvalue weighted by molar-refractivity contribution is 6.02.